The Bertz CT molecular complexity index is 900. The number of fused-ring (bicyclic) bond motifs is 1. The maximum Gasteiger partial charge on any atom is 0.270 e. The first kappa shape index (κ1) is 15.8. The van der Waals surface area contributed by atoms with Gasteiger partial charge >= 0.3 is 0 Å². The minimum absolute atomic E-state index is 0.0490. The summed E-state index contributed by atoms with van der Waals surface area (Å²) in [6.07, 6.45) is 6.75. The molecule has 1 aromatic carbocycles. The number of carbonyl (C=O) groups excluding carboxylic acids is 1. The molecule has 25 heavy (non-hydrogen) atoms. The van der Waals surface area contributed by atoms with Crippen molar-refractivity contribution in [3.63, 3.8) is 0 Å². The molecule has 2 atom stereocenters. The minimum Gasteiger partial charge on any atom is -0.372 e. The first-order valence-electron chi connectivity index (χ1n) is 8.45. The second kappa shape index (κ2) is 6.64. The fraction of sp³-hybridized carbons (Fsp3) is 0.316. The topological polar surface area (TPSA) is 69.0 Å². The van der Waals surface area contributed by atoms with Gasteiger partial charge in [-0.05, 0) is 24.3 Å². The molecule has 4 rings (SSSR count). The van der Waals surface area contributed by atoms with Gasteiger partial charge in [0.15, 0.2) is 0 Å². The molecule has 1 saturated heterocycles. The summed E-state index contributed by atoms with van der Waals surface area (Å²) in [4.78, 5) is 21.2. The Hall–Kier alpha value is -2.73. The summed E-state index contributed by atoms with van der Waals surface area (Å²) < 4.78 is 7.82. The van der Waals surface area contributed by atoms with E-state index >= 15 is 0 Å². The predicted octanol–water partition coefficient (Wildman–Crippen LogP) is 2.62. The average Bonchev–Trinajstić information content (AvgIpc) is 3.07. The normalized spacial score (nSPS) is 20.5. The van der Waals surface area contributed by atoms with Crippen LogP contribution in [0.15, 0.2) is 49.1 Å². The lowest BCUT2D eigenvalue weighted by molar-refractivity contribution is -0.00303. The molecule has 6 heteroatoms. The number of ether oxygens (including phenoxy) is 1. The zero-order valence-corrected chi connectivity index (χ0v) is 14.1. The highest BCUT2D eigenvalue weighted by Gasteiger charge is 2.27. The van der Waals surface area contributed by atoms with E-state index < -0.39 is 0 Å². The summed E-state index contributed by atoms with van der Waals surface area (Å²) >= 11 is 0. The summed E-state index contributed by atoms with van der Waals surface area (Å²) in [5, 5.41) is 5.02. The minimum atomic E-state index is -0.132. The van der Waals surface area contributed by atoms with Gasteiger partial charge in [0.1, 0.15) is 11.8 Å². The monoisotopic (exact) mass is 336 g/mol. The van der Waals surface area contributed by atoms with E-state index in [0.717, 1.165) is 29.3 Å². The van der Waals surface area contributed by atoms with Crippen LogP contribution in [0.3, 0.4) is 0 Å². The van der Waals surface area contributed by atoms with Crippen LogP contribution in [0.1, 0.15) is 35.1 Å². The molecular weight excluding hydrogens is 316 g/mol. The molecule has 0 radical (unpaired) electrons. The number of amides is 1. The van der Waals surface area contributed by atoms with Gasteiger partial charge in [0.2, 0.25) is 0 Å². The predicted molar refractivity (Wildman–Crippen MR) is 94.1 cm³/mol. The Morgan fingerprint density at radius 1 is 1.32 bits per heavy atom. The van der Waals surface area contributed by atoms with E-state index in [2.05, 4.69) is 15.3 Å². The van der Waals surface area contributed by atoms with Crippen LogP contribution in [0.5, 0.6) is 0 Å². The van der Waals surface area contributed by atoms with Gasteiger partial charge in [0.05, 0.1) is 18.2 Å². The Morgan fingerprint density at radius 3 is 3.04 bits per heavy atom. The summed E-state index contributed by atoms with van der Waals surface area (Å²) in [5.41, 5.74) is 1.50. The Kier molecular flexibility index (Phi) is 4.19. The summed E-state index contributed by atoms with van der Waals surface area (Å²) in [7, 11) is 1.95. The third-order valence-corrected chi connectivity index (χ3v) is 4.69. The quantitative estimate of drug-likeness (QED) is 0.798. The molecule has 0 spiro atoms. The molecule has 0 aliphatic carbocycles. The lowest BCUT2D eigenvalue weighted by Gasteiger charge is -2.30. The number of hydrogen-bond acceptors (Lipinski definition) is 4. The highest BCUT2D eigenvalue weighted by Crippen LogP contribution is 2.28. The Labute approximate surface area is 145 Å². The van der Waals surface area contributed by atoms with Crippen LogP contribution in [0.4, 0.5) is 0 Å². The van der Waals surface area contributed by atoms with Crippen LogP contribution in [0.2, 0.25) is 0 Å². The highest BCUT2D eigenvalue weighted by molar-refractivity contribution is 6.05. The lowest BCUT2D eigenvalue weighted by Crippen LogP contribution is -2.40. The molecule has 0 unspecified atom stereocenters. The number of pyridine rings is 1. The third-order valence-electron chi connectivity index (χ3n) is 4.69. The smallest absolute Gasteiger partial charge is 0.270 e. The number of benzene rings is 1. The molecule has 1 amide bonds. The second-order valence-corrected chi connectivity index (χ2v) is 6.36. The SMILES string of the molecule is Cn1cncc1[C@@H]1C[C@H](NC(=O)c2nccc3ccccc23)CCO1. The number of hydrogen-bond donors (Lipinski definition) is 1. The van der Waals surface area contributed by atoms with Crippen molar-refractivity contribution in [1.82, 2.24) is 19.9 Å². The number of carbonyl (C=O) groups is 1. The van der Waals surface area contributed by atoms with E-state index in [4.69, 9.17) is 4.74 Å². The van der Waals surface area contributed by atoms with Crippen LogP contribution in [-0.4, -0.2) is 33.1 Å². The first-order valence-corrected chi connectivity index (χ1v) is 8.45. The van der Waals surface area contributed by atoms with Gasteiger partial charge in [0.25, 0.3) is 5.91 Å². The molecule has 1 aliphatic rings. The van der Waals surface area contributed by atoms with Crippen LogP contribution < -0.4 is 5.32 Å². The Morgan fingerprint density at radius 2 is 2.20 bits per heavy atom. The molecular formula is C19H20N4O2. The first-order chi connectivity index (χ1) is 12.2. The number of imidazole rings is 1. The van der Waals surface area contributed by atoms with E-state index in [-0.39, 0.29) is 18.1 Å². The van der Waals surface area contributed by atoms with E-state index in [1.54, 1.807) is 12.5 Å². The standard InChI is InChI=1S/C19H20N4O2/c1-23-12-20-11-16(23)17-10-14(7-9-25-17)22-19(24)18-15-5-3-2-4-13(15)6-8-21-18/h2-6,8,11-12,14,17H,7,9-10H2,1H3,(H,22,24)/t14-,17+/m1/s1. The molecule has 1 fully saturated rings. The van der Waals surface area contributed by atoms with Crippen molar-refractivity contribution in [2.45, 2.75) is 25.0 Å². The maximum atomic E-state index is 12.8. The average molecular weight is 336 g/mol. The van der Waals surface area contributed by atoms with Crippen LogP contribution >= 0.6 is 0 Å². The zero-order chi connectivity index (χ0) is 17.2. The Balaban J connectivity index is 1.51. The summed E-state index contributed by atoms with van der Waals surface area (Å²) in [5.74, 6) is -0.132. The van der Waals surface area contributed by atoms with Crippen LogP contribution in [-0.2, 0) is 11.8 Å². The molecule has 3 aromatic rings. The van der Waals surface area contributed by atoms with Crippen LogP contribution in [0, 0.1) is 0 Å². The molecule has 3 heterocycles. The fourth-order valence-electron chi connectivity index (χ4n) is 3.37. The number of aromatic nitrogens is 3. The van der Waals surface area contributed by atoms with Crippen LogP contribution in [0.25, 0.3) is 10.8 Å². The van der Waals surface area contributed by atoms with E-state index in [1.165, 1.54) is 0 Å². The molecule has 6 nitrogen and oxygen atoms in total. The zero-order valence-electron chi connectivity index (χ0n) is 14.1. The molecule has 1 aliphatic heterocycles. The number of aryl methyl sites for hydroxylation is 1. The fourth-order valence-corrected chi connectivity index (χ4v) is 3.37. The van der Waals surface area contributed by atoms with Crippen molar-refractivity contribution in [3.05, 3.63) is 60.4 Å². The van der Waals surface area contributed by atoms with Gasteiger partial charge < -0.3 is 14.6 Å². The van der Waals surface area contributed by atoms with E-state index in [0.29, 0.717) is 12.3 Å². The summed E-state index contributed by atoms with van der Waals surface area (Å²) in [6.45, 7) is 0.615. The van der Waals surface area contributed by atoms with Gasteiger partial charge in [-0.25, -0.2) is 4.98 Å². The van der Waals surface area contributed by atoms with E-state index in [9.17, 15) is 4.79 Å². The number of rotatable bonds is 3. The van der Waals surface area contributed by atoms with E-state index in [1.807, 2.05) is 48.1 Å². The molecule has 0 saturated carbocycles. The van der Waals surface area contributed by atoms with Crippen molar-refractivity contribution in [2.24, 2.45) is 7.05 Å². The van der Waals surface area contributed by atoms with Gasteiger partial charge in [-0.1, -0.05) is 24.3 Å². The molecule has 128 valence electrons. The number of nitrogens with zero attached hydrogens (tertiary/aromatic N) is 3. The maximum absolute atomic E-state index is 12.8. The lowest BCUT2D eigenvalue weighted by atomic mass is 10.0. The van der Waals surface area contributed by atoms with Crippen molar-refractivity contribution >= 4 is 16.7 Å². The van der Waals surface area contributed by atoms with Crippen molar-refractivity contribution in [2.75, 3.05) is 6.61 Å². The van der Waals surface area contributed by atoms with Gasteiger partial charge in [-0.2, -0.15) is 0 Å². The van der Waals surface area contributed by atoms with Gasteiger partial charge in [-0.15, -0.1) is 0 Å². The third kappa shape index (κ3) is 3.13. The number of nitrogens with one attached hydrogen (secondary N) is 1. The largest absolute Gasteiger partial charge is 0.372 e. The highest BCUT2D eigenvalue weighted by atomic mass is 16.5. The second-order valence-electron chi connectivity index (χ2n) is 6.36. The molecule has 1 N–H and O–H groups in total. The van der Waals surface area contributed by atoms with Crippen molar-refractivity contribution in [1.29, 1.82) is 0 Å². The molecule has 2 aromatic heterocycles. The summed E-state index contributed by atoms with van der Waals surface area (Å²) in [6, 6.07) is 9.77. The van der Waals surface area contributed by atoms with Gasteiger partial charge in [0, 0.05) is 31.3 Å². The van der Waals surface area contributed by atoms with Crippen molar-refractivity contribution < 1.29 is 9.53 Å². The van der Waals surface area contributed by atoms with Crippen molar-refractivity contribution in [3.8, 4) is 0 Å². The molecule has 0 bridgehead atoms. The van der Waals surface area contributed by atoms with Gasteiger partial charge in [-0.3, -0.25) is 9.78 Å².